The lowest BCUT2D eigenvalue weighted by molar-refractivity contribution is -0.137. The number of nitrogens with zero attached hydrogens (tertiary/aromatic N) is 1. The van der Waals surface area contributed by atoms with Crippen molar-refractivity contribution in [1.29, 1.82) is 0 Å². The van der Waals surface area contributed by atoms with E-state index in [9.17, 15) is 4.79 Å². The molecule has 0 saturated heterocycles. The summed E-state index contributed by atoms with van der Waals surface area (Å²) in [6.45, 7) is 2.50. The average Bonchev–Trinajstić information content (AvgIpc) is 2.03. The SMILES string of the molecule is CCC(CN)C(=O)N(C)C1CCC1. The minimum Gasteiger partial charge on any atom is -0.342 e. The molecule has 1 saturated carbocycles. The van der Waals surface area contributed by atoms with Gasteiger partial charge >= 0.3 is 0 Å². The number of nitrogens with two attached hydrogens (primary N) is 1. The number of rotatable bonds is 4. The van der Waals surface area contributed by atoms with Gasteiger partial charge in [-0.05, 0) is 25.7 Å². The Morgan fingerprint density at radius 2 is 2.23 bits per heavy atom. The number of carbonyl (C=O) groups is 1. The van der Waals surface area contributed by atoms with E-state index in [0.29, 0.717) is 12.6 Å². The predicted molar refractivity (Wildman–Crippen MR) is 53.2 cm³/mol. The van der Waals surface area contributed by atoms with Gasteiger partial charge in [-0.25, -0.2) is 0 Å². The summed E-state index contributed by atoms with van der Waals surface area (Å²) < 4.78 is 0. The van der Waals surface area contributed by atoms with Crippen LogP contribution in [0.4, 0.5) is 0 Å². The molecule has 1 atom stereocenters. The van der Waals surface area contributed by atoms with Crippen molar-refractivity contribution in [3.63, 3.8) is 0 Å². The van der Waals surface area contributed by atoms with Gasteiger partial charge in [-0.2, -0.15) is 0 Å². The first kappa shape index (κ1) is 10.5. The molecule has 0 radical (unpaired) electrons. The number of amides is 1. The van der Waals surface area contributed by atoms with Gasteiger partial charge in [0.25, 0.3) is 0 Å². The second-order valence-electron chi connectivity index (χ2n) is 3.87. The highest BCUT2D eigenvalue weighted by Gasteiger charge is 2.28. The topological polar surface area (TPSA) is 46.3 Å². The van der Waals surface area contributed by atoms with E-state index in [2.05, 4.69) is 0 Å². The van der Waals surface area contributed by atoms with Gasteiger partial charge in [0.2, 0.25) is 5.91 Å². The minimum atomic E-state index is 0.0330. The lowest BCUT2D eigenvalue weighted by Crippen LogP contribution is -2.45. The zero-order chi connectivity index (χ0) is 9.84. The van der Waals surface area contributed by atoms with Crippen LogP contribution >= 0.6 is 0 Å². The van der Waals surface area contributed by atoms with Crippen LogP contribution in [0.25, 0.3) is 0 Å². The largest absolute Gasteiger partial charge is 0.342 e. The molecule has 0 aromatic rings. The molecule has 0 aromatic carbocycles. The van der Waals surface area contributed by atoms with Crippen molar-refractivity contribution >= 4 is 5.91 Å². The molecule has 2 N–H and O–H groups in total. The molecule has 0 bridgehead atoms. The third-order valence-corrected chi connectivity index (χ3v) is 3.10. The lowest BCUT2D eigenvalue weighted by atomic mass is 9.90. The molecule has 1 fully saturated rings. The monoisotopic (exact) mass is 184 g/mol. The molecule has 1 aliphatic carbocycles. The summed E-state index contributed by atoms with van der Waals surface area (Å²) >= 11 is 0. The maximum absolute atomic E-state index is 11.8. The quantitative estimate of drug-likeness (QED) is 0.708. The summed E-state index contributed by atoms with van der Waals surface area (Å²) in [4.78, 5) is 13.7. The number of hydrogen-bond acceptors (Lipinski definition) is 2. The lowest BCUT2D eigenvalue weighted by Gasteiger charge is -2.36. The molecule has 1 aliphatic rings. The Bertz CT molecular complexity index is 174. The molecule has 3 heteroatoms. The van der Waals surface area contributed by atoms with Crippen molar-refractivity contribution in [3.8, 4) is 0 Å². The average molecular weight is 184 g/mol. The molecule has 0 aromatic heterocycles. The van der Waals surface area contributed by atoms with E-state index in [0.717, 1.165) is 6.42 Å². The van der Waals surface area contributed by atoms with Crippen LogP contribution < -0.4 is 5.73 Å². The summed E-state index contributed by atoms with van der Waals surface area (Å²) in [6, 6.07) is 0.494. The summed E-state index contributed by atoms with van der Waals surface area (Å²) in [6.07, 6.45) is 4.46. The maximum Gasteiger partial charge on any atom is 0.226 e. The van der Waals surface area contributed by atoms with Crippen molar-refractivity contribution in [1.82, 2.24) is 4.90 Å². The van der Waals surface area contributed by atoms with Crippen LogP contribution in [0.2, 0.25) is 0 Å². The highest BCUT2D eigenvalue weighted by atomic mass is 16.2. The van der Waals surface area contributed by atoms with E-state index in [1.807, 2.05) is 18.9 Å². The van der Waals surface area contributed by atoms with E-state index in [-0.39, 0.29) is 11.8 Å². The van der Waals surface area contributed by atoms with Crippen molar-refractivity contribution in [2.75, 3.05) is 13.6 Å². The number of carbonyl (C=O) groups excluding carboxylic acids is 1. The Hall–Kier alpha value is -0.570. The van der Waals surface area contributed by atoms with Crippen LogP contribution in [-0.4, -0.2) is 30.4 Å². The van der Waals surface area contributed by atoms with Gasteiger partial charge in [0.05, 0.1) is 5.92 Å². The molecular weight excluding hydrogens is 164 g/mol. The van der Waals surface area contributed by atoms with Crippen LogP contribution in [0, 0.1) is 5.92 Å². The summed E-state index contributed by atoms with van der Waals surface area (Å²) in [5.74, 6) is 0.264. The standard InChI is InChI=1S/C10H20N2O/c1-3-8(7-11)10(13)12(2)9-5-4-6-9/h8-9H,3-7,11H2,1-2H3. The van der Waals surface area contributed by atoms with Gasteiger partial charge < -0.3 is 10.6 Å². The van der Waals surface area contributed by atoms with Gasteiger partial charge in [-0.3, -0.25) is 4.79 Å². The second-order valence-corrected chi connectivity index (χ2v) is 3.87. The van der Waals surface area contributed by atoms with E-state index in [1.54, 1.807) is 0 Å². The maximum atomic E-state index is 11.8. The van der Waals surface area contributed by atoms with Crippen molar-refractivity contribution < 1.29 is 4.79 Å². The molecule has 1 unspecified atom stereocenters. The van der Waals surface area contributed by atoms with E-state index in [1.165, 1.54) is 19.3 Å². The first-order valence-electron chi connectivity index (χ1n) is 5.17. The molecule has 1 amide bonds. The molecule has 0 spiro atoms. The Labute approximate surface area is 80.3 Å². The molecule has 13 heavy (non-hydrogen) atoms. The zero-order valence-corrected chi connectivity index (χ0v) is 8.62. The first-order valence-corrected chi connectivity index (χ1v) is 5.17. The predicted octanol–water partition coefficient (Wildman–Crippen LogP) is 0.982. The second kappa shape index (κ2) is 4.61. The minimum absolute atomic E-state index is 0.0330. The Morgan fingerprint density at radius 3 is 2.54 bits per heavy atom. The van der Waals surface area contributed by atoms with E-state index in [4.69, 9.17) is 5.73 Å². The van der Waals surface area contributed by atoms with Gasteiger partial charge in [-0.1, -0.05) is 6.92 Å². The van der Waals surface area contributed by atoms with Gasteiger partial charge in [0, 0.05) is 19.6 Å². The fourth-order valence-electron chi connectivity index (χ4n) is 1.68. The Kier molecular flexibility index (Phi) is 3.72. The van der Waals surface area contributed by atoms with Crippen LogP contribution in [-0.2, 0) is 4.79 Å². The van der Waals surface area contributed by atoms with Crippen LogP contribution in [0.1, 0.15) is 32.6 Å². The molecule has 76 valence electrons. The Balaban J connectivity index is 2.44. The van der Waals surface area contributed by atoms with Crippen LogP contribution in [0.15, 0.2) is 0 Å². The van der Waals surface area contributed by atoms with Crippen LogP contribution in [0.3, 0.4) is 0 Å². The fourth-order valence-corrected chi connectivity index (χ4v) is 1.68. The molecule has 0 heterocycles. The van der Waals surface area contributed by atoms with Crippen molar-refractivity contribution in [2.24, 2.45) is 11.7 Å². The van der Waals surface area contributed by atoms with Gasteiger partial charge in [-0.15, -0.1) is 0 Å². The highest BCUT2D eigenvalue weighted by Crippen LogP contribution is 2.24. The summed E-state index contributed by atoms with van der Waals surface area (Å²) in [7, 11) is 1.91. The zero-order valence-electron chi connectivity index (χ0n) is 8.62. The van der Waals surface area contributed by atoms with Gasteiger partial charge in [0.15, 0.2) is 0 Å². The summed E-state index contributed by atoms with van der Waals surface area (Å²) in [5.41, 5.74) is 5.53. The smallest absolute Gasteiger partial charge is 0.226 e. The third-order valence-electron chi connectivity index (χ3n) is 3.10. The van der Waals surface area contributed by atoms with E-state index < -0.39 is 0 Å². The van der Waals surface area contributed by atoms with Crippen molar-refractivity contribution in [3.05, 3.63) is 0 Å². The fraction of sp³-hybridized carbons (Fsp3) is 0.900. The third kappa shape index (κ3) is 2.21. The molecule has 3 nitrogen and oxygen atoms in total. The van der Waals surface area contributed by atoms with E-state index >= 15 is 0 Å². The first-order chi connectivity index (χ1) is 6.20. The molecule has 0 aliphatic heterocycles. The summed E-state index contributed by atoms with van der Waals surface area (Å²) in [5, 5.41) is 0. The highest BCUT2D eigenvalue weighted by molar-refractivity contribution is 5.79. The molecule has 1 rings (SSSR count). The molecular formula is C10H20N2O. The Morgan fingerprint density at radius 1 is 1.62 bits per heavy atom. The van der Waals surface area contributed by atoms with Gasteiger partial charge in [0.1, 0.15) is 0 Å². The van der Waals surface area contributed by atoms with Crippen LogP contribution in [0.5, 0.6) is 0 Å². The normalized spacial score (nSPS) is 19.3. The van der Waals surface area contributed by atoms with Crippen molar-refractivity contribution in [2.45, 2.75) is 38.6 Å². The number of hydrogen-bond donors (Lipinski definition) is 1.